The van der Waals surface area contributed by atoms with Crippen molar-refractivity contribution in [1.29, 1.82) is 0 Å². The molecule has 0 aliphatic heterocycles. The van der Waals surface area contributed by atoms with Crippen molar-refractivity contribution in [2.45, 2.75) is 10.1 Å². The molecule has 0 spiro atoms. The summed E-state index contributed by atoms with van der Waals surface area (Å²) in [4.78, 5) is 13.2. The van der Waals surface area contributed by atoms with E-state index < -0.39 is 5.25 Å². The van der Waals surface area contributed by atoms with Gasteiger partial charge in [0.15, 0.2) is 0 Å². The van der Waals surface area contributed by atoms with E-state index in [4.69, 9.17) is 21.1 Å². The molecule has 1 atom stereocenters. The molecule has 0 radical (unpaired) electrons. The Balaban J connectivity index is 1.77. The van der Waals surface area contributed by atoms with Crippen molar-refractivity contribution >= 4 is 29.3 Å². The highest BCUT2D eigenvalue weighted by molar-refractivity contribution is 8.00. The molecule has 3 nitrogen and oxygen atoms in total. The number of esters is 1. The summed E-state index contributed by atoms with van der Waals surface area (Å²) in [6.45, 7) is 0. The van der Waals surface area contributed by atoms with Crippen LogP contribution in [-0.4, -0.2) is 13.1 Å². The van der Waals surface area contributed by atoms with Crippen LogP contribution in [0.4, 0.5) is 0 Å². The predicted octanol–water partition coefficient (Wildman–Crippen LogP) is 6.14. The Bertz CT molecular complexity index is 849. The first-order valence-corrected chi connectivity index (χ1v) is 9.24. The van der Waals surface area contributed by atoms with Crippen LogP contribution < -0.4 is 4.74 Å². The number of ether oxygens (including phenoxy) is 2. The molecule has 1 unspecified atom stereocenters. The fourth-order valence-electron chi connectivity index (χ4n) is 2.34. The van der Waals surface area contributed by atoms with E-state index in [1.54, 1.807) is 24.3 Å². The summed E-state index contributed by atoms with van der Waals surface area (Å²) >= 11 is 7.33. The predicted molar refractivity (Wildman–Crippen MR) is 105 cm³/mol. The van der Waals surface area contributed by atoms with E-state index in [9.17, 15) is 4.79 Å². The third kappa shape index (κ3) is 4.81. The van der Waals surface area contributed by atoms with Crippen LogP contribution in [0.5, 0.6) is 11.5 Å². The maximum absolute atomic E-state index is 12.2. The highest BCUT2D eigenvalue weighted by Crippen LogP contribution is 2.37. The Morgan fingerprint density at radius 2 is 1.46 bits per heavy atom. The molecule has 0 aliphatic carbocycles. The molecule has 0 saturated carbocycles. The molecule has 5 heteroatoms. The minimum atomic E-state index is -0.438. The summed E-state index contributed by atoms with van der Waals surface area (Å²) in [6, 6.07) is 24.4. The second-order valence-electron chi connectivity index (χ2n) is 5.46. The van der Waals surface area contributed by atoms with Gasteiger partial charge >= 0.3 is 5.97 Å². The second kappa shape index (κ2) is 8.79. The van der Waals surface area contributed by atoms with Crippen LogP contribution in [0, 0.1) is 0 Å². The van der Waals surface area contributed by atoms with Gasteiger partial charge in [0.25, 0.3) is 0 Å². The third-order valence-corrected chi connectivity index (χ3v) is 5.14. The maximum Gasteiger partial charge on any atom is 0.323 e. The van der Waals surface area contributed by atoms with Crippen LogP contribution in [0.25, 0.3) is 0 Å². The van der Waals surface area contributed by atoms with Gasteiger partial charge in [0.2, 0.25) is 0 Å². The zero-order chi connectivity index (χ0) is 18.4. The van der Waals surface area contributed by atoms with Gasteiger partial charge in [-0.05, 0) is 54.1 Å². The lowest BCUT2D eigenvalue weighted by molar-refractivity contribution is -0.140. The Hall–Kier alpha value is -2.43. The number of hydrogen-bond acceptors (Lipinski definition) is 4. The normalized spacial score (nSPS) is 11.6. The Labute approximate surface area is 161 Å². The van der Waals surface area contributed by atoms with Crippen LogP contribution in [0.3, 0.4) is 0 Å². The minimum absolute atomic E-state index is 0.287. The van der Waals surface area contributed by atoms with Crippen LogP contribution in [0.1, 0.15) is 10.8 Å². The van der Waals surface area contributed by atoms with E-state index in [0.29, 0.717) is 16.5 Å². The molecule has 0 N–H and O–H groups in total. The molecule has 132 valence electrons. The smallest absolute Gasteiger partial charge is 0.323 e. The maximum atomic E-state index is 12.2. The average molecular weight is 385 g/mol. The number of carbonyl (C=O) groups excluding carboxylic acids is 1. The molecule has 0 bridgehead atoms. The van der Waals surface area contributed by atoms with Crippen molar-refractivity contribution < 1.29 is 14.3 Å². The van der Waals surface area contributed by atoms with Gasteiger partial charge in [0.1, 0.15) is 16.7 Å². The summed E-state index contributed by atoms with van der Waals surface area (Å²) in [7, 11) is 1.40. The molecule has 0 aliphatic rings. The molecule has 0 amide bonds. The Morgan fingerprint density at radius 1 is 0.885 bits per heavy atom. The topological polar surface area (TPSA) is 35.5 Å². The first kappa shape index (κ1) is 18.4. The molecular formula is C21H17ClO3S. The van der Waals surface area contributed by atoms with Gasteiger partial charge in [0, 0.05) is 9.92 Å². The van der Waals surface area contributed by atoms with Gasteiger partial charge in [-0.15, -0.1) is 11.8 Å². The number of thioether (sulfide) groups is 1. The molecule has 0 saturated heterocycles. The van der Waals surface area contributed by atoms with Crippen molar-refractivity contribution in [1.82, 2.24) is 0 Å². The fraction of sp³-hybridized carbons (Fsp3) is 0.0952. The van der Waals surface area contributed by atoms with Gasteiger partial charge in [0.05, 0.1) is 7.11 Å². The molecule has 0 heterocycles. The van der Waals surface area contributed by atoms with Crippen LogP contribution in [0.2, 0.25) is 5.02 Å². The van der Waals surface area contributed by atoms with Gasteiger partial charge < -0.3 is 9.47 Å². The molecule has 3 rings (SSSR count). The van der Waals surface area contributed by atoms with Gasteiger partial charge in [-0.25, -0.2) is 0 Å². The van der Waals surface area contributed by atoms with E-state index in [-0.39, 0.29) is 5.97 Å². The molecule has 26 heavy (non-hydrogen) atoms. The first-order chi connectivity index (χ1) is 12.7. The number of carbonyl (C=O) groups is 1. The standard InChI is InChI=1S/C21H17ClO3S/c1-24-21(23)20(26-19-5-3-2-4-6-19)15-7-11-17(12-8-15)25-18-13-9-16(22)10-14-18/h2-14,20H,1H3. The minimum Gasteiger partial charge on any atom is -0.468 e. The summed E-state index contributed by atoms with van der Waals surface area (Å²) in [5, 5.41) is 0.221. The number of halogens is 1. The van der Waals surface area contributed by atoms with Gasteiger partial charge in [-0.2, -0.15) is 0 Å². The summed E-state index contributed by atoms with van der Waals surface area (Å²) in [5.74, 6) is 1.10. The van der Waals surface area contributed by atoms with Gasteiger partial charge in [-0.1, -0.05) is 41.9 Å². The highest BCUT2D eigenvalue weighted by atomic mass is 35.5. The molecule has 0 fully saturated rings. The number of rotatable bonds is 6. The van der Waals surface area contributed by atoms with Crippen LogP contribution in [0.15, 0.2) is 83.8 Å². The third-order valence-electron chi connectivity index (χ3n) is 3.64. The number of hydrogen-bond donors (Lipinski definition) is 0. The average Bonchev–Trinajstić information content (AvgIpc) is 2.69. The highest BCUT2D eigenvalue weighted by Gasteiger charge is 2.22. The van der Waals surface area contributed by atoms with Crippen molar-refractivity contribution in [3.8, 4) is 11.5 Å². The number of benzene rings is 3. The van der Waals surface area contributed by atoms with Crippen LogP contribution in [-0.2, 0) is 9.53 Å². The lowest BCUT2D eigenvalue weighted by Gasteiger charge is -2.15. The van der Waals surface area contributed by atoms with E-state index >= 15 is 0 Å². The molecule has 3 aromatic carbocycles. The lowest BCUT2D eigenvalue weighted by atomic mass is 10.1. The van der Waals surface area contributed by atoms with Crippen molar-refractivity contribution in [3.05, 3.63) is 89.4 Å². The summed E-state index contributed by atoms with van der Waals surface area (Å²) in [6.07, 6.45) is 0. The first-order valence-electron chi connectivity index (χ1n) is 7.98. The van der Waals surface area contributed by atoms with E-state index in [1.807, 2.05) is 54.6 Å². The van der Waals surface area contributed by atoms with Crippen LogP contribution >= 0.6 is 23.4 Å². The zero-order valence-electron chi connectivity index (χ0n) is 14.1. The van der Waals surface area contributed by atoms with E-state index in [2.05, 4.69) is 0 Å². The number of methoxy groups -OCH3 is 1. The zero-order valence-corrected chi connectivity index (χ0v) is 15.7. The van der Waals surface area contributed by atoms with Crippen molar-refractivity contribution in [2.24, 2.45) is 0 Å². The Morgan fingerprint density at radius 3 is 2.04 bits per heavy atom. The lowest BCUT2D eigenvalue weighted by Crippen LogP contribution is -2.11. The molecular weight excluding hydrogens is 368 g/mol. The summed E-state index contributed by atoms with van der Waals surface area (Å²) < 4.78 is 10.8. The van der Waals surface area contributed by atoms with E-state index in [0.717, 1.165) is 10.5 Å². The monoisotopic (exact) mass is 384 g/mol. The van der Waals surface area contributed by atoms with Crippen molar-refractivity contribution in [2.75, 3.05) is 7.11 Å². The quantitative estimate of drug-likeness (QED) is 0.377. The second-order valence-corrected chi connectivity index (χ2v) is 7.07. The molecule has 3 aromatic rings. The van der Waals surface area contributed by atoms with Crippen molar-refractivity contribution in [3.63, 3.8) is 0 Å². The largest absolute Gasteiger partial charge is 0.468 e. The van der Waals surface area contributed by atoms with Gasteiger partial charge in [-0.3, -0.25) is 4.79 Å². The SMILES string of the molecule is COC(=O)C(Sc1ccccc1)c1ccc(Oc2ccc(Cl)cc2)cc1. The Kier molecular flexibility index (Phi) is 6.21. The van der Waals surface area contributed by atoms with E-state index in [1.165, 1.54) is 18.9 Å². The fourth-order valence-corrected chi connectivity index (χ4v) is 3.54. The molecule has 0 aromatic heterocycles. The summed E-state index contributed by atoms with van der Waals surface area (Å²) in [5.41, 5.74) is 0.856.